The molecule has 1 aliphatic carbocycles. The van der Waals surface area contributed by atoms with Crippen LogP contribution in [0.1, 0.15) is 53.4 Å². The molecule has 0 unspecified atom stereocenters. The highest BCUT2D eigenvalue weighted by molar-refractivity contribution is 5.78. The number of carbonyl (C=O) groups is 2. The second-order valence-corrected chi connectivity index (χ2v) is 6.31. The summed E-state index contributed by atoms with van der Waals surface area (Å²) in [5.41, 5.74) is -0.779. The lowest BCUT2D eigenvalue weighted by Crippen LogP contribution is -2.50. The van der Waals surface area contributed by atoms with Crippen molar-refractivity contribution < 1.29 is 14.7 Å². The number of hydrogen-bond donors (Lipinski definition) is 2. The Morgan fingerprint density at radius 3 is 2.30 bits per heavy atom. The molecule has 0 aromatic carbocycles. The first-order valence-electron chi connectivity index (χ1n) is 7.60. The van der Waals surface area contributed by atoms with Crippen molar-refractivity contribution in [1.82, 2.24) is 10.2 Å². The summed E-state index contributed by atoms with van der Waals surface area (Å²) < 4.78 is 0. The fourth-order valence-electron chi connectivity index (χ4n) is 2.87. The molecule has 0 radical (unpaired) electrons. The van der Waals surface area contributed by atoms with Gasteiger partial charge in [-0.3, -0.25) is 4.79 Å². The minimum absolute atomic E-state index is 0.118. The fraction of sp³-hybridized carbons (Fsp3) is 0.867. The van der Waals surface area contributed by atoms with Crippen molar-refractivity contribution in [2.24, 2.45) is 11.3 Å². The van der Waals surface area contributed by atoms with Gasteiger partial charge in [-0.15, -0.1) is 0 Å². The van der Waals surface area contributed by atoms with Gasteiger partial charge in [-0.1, -0.05) is 6.92 Å². The summed E-state index contributed by atoms with van der Waals surface area (Å²) in [5.74, 6) is -0.196. The first-order chi connectivity index (χ1) is 9.32. The molecule has 0 aliphatic heterocycles. The minimum Gasteiger partial charge on any atom is -0.481 e. The van der Waals surface area contributed by atoms with Crippen molar-refractivity contribution >= 4 is 12.0 Å². The van der Waals surface area contributed by atoms with Crippen LogP contribution in [-0.2, 0) is 4.79 Å². The molecule has 20 heavy (non-hydrogen) atoms. The molecular weight excluding hydrogens is 256 g/mol. The Labute approximate surface area is 121 Å². The summed E-state index contributed by atoms with van der Waals surface area (Å²) in [6, 6.07) is -0.0473. The highest BCUT2D eigenvalue weighted by atomic mass is 16.4. The third-order valence-corrected chi connectivity index (χ3v) is 4.49. The zero-order valence-electron chi connectivity index (χ0n) is 13.1. The van der Waals surface area contributed by atoms with Gasteiger partial charge in [0.05, 0.1) is 5.41 Å². The number of carboxylic acids is 1. The zero-order chi connectivity index (χ0) is 15.3. The van der Waals surface area contributed by atoms with Crippen LogP contribution < -0.4 is 5.32 Å². The lowest BCUT2D eigenvalue weighted by molar-refractivity contribution is -0.151. The molecule has 5 heteroatoms. The van der Waals surface area contributed by atoms with Gasteiger partial charge in [0, 0.05) is 19.1 Å². The average Bonchev–Trinajstić information content (AvgIpc) is 2.38. The molecule has 0 heterocycles. The number of rotatable bonds is 5. The van der Waals surface area contributed by atoms with Gasteiger partial charge in [-0.05, 0) is 52.4 Å². The van der Waals surface area contributed by atoms with Crippen LogP contribution in [0.15, 0.2) is 0 Å². The maximum absolute atomic E-state index is 12.1. The van der Waals surface area contributed by atoms with E-state index in [1.54, 1.807) is 4.90 Å². The van der Waals surface area contributed by atoms with E-state index in [0.29, 0.717) is 25.3 Å². The molecule has 0 bridgehead atoms. The predicted molar refractivity (Wildman–Crippen MR) is 78.6 cm³/mol. The van der Waals surface area contributed by atoms with Crippen LogP contribution in [0.4, 0.5) is 4.79 Å². The van der Waals surface area contributed by atoms with E-state index in [1.165, 1.54) is 0 Å². The van der Waals surface area contributed by atoms with Gasteiger partial charge in [0.25, 0.3) is 0 Å². The van der Waals surface area contributed by atoms with E-state index >= 15 is 0 Å². The first kappa shape index (κ1) is 16.8. The van der Waals surface area contributed by atoms with Gasteiger partial charge in [0.15, 0.2) is 0 Å². The van der Waals surface area contributed by atoms with Crippen molar-refractivity contribution in [3.05, 3.63) is 0 Å². The second-order valence-electron chi connectivity index (χ2n) is 6.31. The van der Waals surface area contributed by atoms with E-state index in [2.05, 4.69) is 12.2 Å². The highest BCUT2D eigenvalue weighted by Crippen LogP contribution is 2.38. The first-order valence-corrected chi connectivity index (χ1v) is 7.60. The van der Waals surface area contributed by atoms with Crippen LogP contribution in [0.3, 0.4) is 0 Å². The van der Waals surface area contributed by atoms with Crippen molar-refractivity contribution in [3.63, 3.8) is 0 Å². The molecule has 2 N–H and O–H groups in total. The lowest BCUT2D eigenvalue weighted by Gasteiger charge is -2.36. The number of carbonyl (C=O) groups excluding carboxylic acids is 1. The van der Waals surface area contributed by atoms with E-state index in [0.717, 1.165) is 12.8 Å². The molecule has 1 saturated carbocycles. The summed E-state index contributed by atoms with van der Waals surface area (Å²) in [7, 11) is 0. The molecule has 2 amide bonds. The van der Waals surface area contributed by atoms with Crippen molar-refractivity contribution in [2.75, 3.05) is 13.1 Å². The molecule has 116 valence electrons. The SMILES string of the molecule is CCN(C(=O)NCC1(C(=O)O)CCC(C)CC1)C(C)C. The van der Waals surface area contributed by atoms with Gasteiger partial charge < -0.3 is 15.3 Å². The number of nitrogens with zero attached hydrogens (tertiary/aromatic N) is 1. The summed E-state index contributed by atoms with van der Waals surface area (Å²) in [6.07, 6.45) is 3.14. The minimum atomic E-state index is -0.780. The molecule has 5 nitrogen and oxygen atoms in total. The van der Waals surface area contributed by atoms with Crippen molar-refractivity contribution in [1.29, 1.82) is 0 Å². The van der Waals surface area contributed by atoms with Crippen molar-refractivity contribution in [2.45, 2.75) is 59.4 Å². The van der Waals surface area contributed by atoms with Crippen LogP contribution in [0.2, 0.25) is 0 Å². The van der Waals surface area contributed by atoms with Gasteiger partial charge in [-0.2, -0.15) is 0 Å². The Hall–Kier alpha value is -1.26. The van der Waals surface area contributed by atoms with Gasteiger partial charge in [0.1, 0.15) is 0 Å². The average molecular weight is 284 g/mol. The molecule has 1 aliphatic rings. The fourth-order valence-corrected chi connectivity index (χ4v) is 2.87. The third-order valence-electron chi connectivity index (χ3n) is 4.49. The summed E-state index contributed by atoms with van der Waals surface area (Å²) in [6.45, 7) is 8.85. The maximum Gasteiger partial charge on any atom is 0.317 e. The van der Waals surface area contributed by atoms with Gasteiger partial charge in [0.2, 0.25) is 0 Å². The Bertz CT molecular complexity index is 347. The quantitative estimate of drug-likeness (QED) is 0.815. The summed E-state index contributed by atoms with van der Waals surface area (Å²) in [5, 5.41) is 12.4. The van der Waals surface area contributed by atoms with Gasteiger partial charge >= 0.3 is 12.0 Å². The number of aliphatic carboxylic acids is 1. The second kappa shape index (κ2) is 6.95. The molecule has 0 aromatic rings. The molecule has 1 fully saturated rings. The van der Waals surface area contributed by atoms with Crippen LogP contribution in [0.5, 0.6) is 0 Å². The number of nitrogens with one attached hydrogen (secondary N) is 1. The molecule has 0 spiro atoms. The highest BCUT2D eigenvalue weighted by Gasteiger charge is 2.41. The number of carboxylic acid groups (broad SMARTS) is 1. The molecule has 0 aromatic heterocycles. The van der Waals surface area contributed by atoms with E-state index in [4.69, 9.17) is 0 Å². The topological polar surface area (TPSA) is 69.6 Å². The monoisotopic (exact) mass is 284 g/mol. The van der Waals surface area contributed by atoms with Crippen molar-refractivity contribution in [3.8, 4) is 0 Å². The largest absolute Gasteiger partial charge is 0.481 e. The van der Waals surface area contributed by atoms with E-state index in [-0.39, 0.29) is 18.6 Å². The maximum atomic E-state index is 12.1. The molecule has 1 rings (SSSR count). The zero-order valence-corrected chi connectivity index (χ0v) is 13.1. The van der Waals surface area contributed by atoms with E-state index in [1.807, 2.05) is 20.8 Å². The Morgan fingerprint density at radius 1 is 1.35 bits per heavy atom. The molecule has 0 atom stereocenters. The number of amides is 2. The van der Waals surface area contributed by atoms with Crippen LogP contribution in [0.25, 0.3) is 0 Å². The standard InChI is InChI=1S/C15H28N2O3/c1-5-17(11(2)3)14(20)16-10-15(13(18)19)8-6-12(4)7-9-15/h11-12H,5-10H2,1-4H3,(H,16,20)(H,18,19). The lowest BCUT2D eigenvalue weighted by atomic mass is 9.71. The third kappa shape index (κ3) is 3.87. The summed E-state index contributed by atoms with van der Waals surface area (Å²) in [4.78, 5) is 25.4. The number of urea groups is 1. The summed E-state index contributed by atoms with van der Waals surface area (Å²) >= 11 is 0. The normalized spacial score (nSPS) is 26.4. The smallest absolute Gasteiger partial charge is 0.317 e. The Balaban J connectivity index is 2.64. The molecular formula is C15H28N2O3. The van der Waals surface area contributed by atoms with Crippen LogP contribution in [0, 0.1) is 11.3 Å². The Kier molecular flexibility index (Phi) is 5.84. The Morgan fingerprint density at radius 2 is 1.90 bits per heavy atom. The van der Waals surface area contributed by atoms with E-state index in [9.17, 15) is 14.7 Å². The van der Waals surface area contributed by atoms with Gasteiger partial charge in [-0.25, -0.2) is 4.79 Å². The molecule has 0 saturated heterocycles. The number of hydrogen-bond acceptors (Lipinski definition) is 2. The predicted octanol–water partition coefficient (Wildman–Crippen LogP) is 2.71. The van der Waals surface area contributed by atoms with Crippen LogP contribution in [-0.4, -0.2) is 41.1 Å². The van der Waals surface area contributed by atoms with Crippen LogP contribution >= 0.6 is 0 Å². The van der Waals surface area contributed by atoms with E-state index < -0.39 is 11.4 Å².